The summed E-state index contributed by atoms with van der Waals surface area (Å²) in [6, 6.07) is 1.51. The summed E-state index contributed by atoms with van der Waals surface area (Å²) in [7, 11) is -3.82. The lowest BCUT2D eigenvalue weighted by molar-refractivity contribution is -0.389. The molecule has 0 aliphatic rings. The van der Waals surface area contributed by atoms with Gasteiger partial charge in [0.1, 0.15) is 4.90 Å². The maximum Gasteiger partial charge on any atom is 0.363 e. The number of hydrogen-bond donors (Lipinski definition) is 2. The molecule has 9 heteroatoms. The molecule has 0 amide bonds. The van der Waals surface area contributed by atoms with Crippen molar-refractivity contribution in [3.63, 3.8) is 0 Å². The zero-order valence-electron chi connectivity index (χ0n) is 9.61. The zero-order chi connectivity index (χ0) is 13.8. The molecule has 0 spiro atoms. The SMILES string of the molecule is CCC(CO)NS(=O)(=O)c1ccc([N+](=O)[O-])nc1. The highest BCUT2D eigenvalue weighted by molar-refractivity contribution is 7.89. The summed E-state index contributed by atoms with van der Waals surface area (Å²) in [6.07, 6.45) is 1.33. The first-order valence-corrected chi connectivity index (χ1v) is 6.62. The number of nitrogens with zero attached hydrogens (tertiary/aromatic N) is 2. The van der Waals surface area contributed by atoms with Crippen molar-refractivity contribution in [1.82, 2.24) is 9.71 Å². The molecule has 0 aliphatic carbocycles. The maximum absolute atomic E-state index is 11.8. The van der Waals surface area contributed by atoms with E-state index in [0.717, 1.165) is 18.3 Å². The Labute approximate surface area is 104 Å². The van der Waals surface area contributed by atoms with Gasteiger partial charge >= 0.3 is 5.82 Å². The van der Waals surface area contributed by atoms with Crippen molar-refractivity contribution < 1.29 is 18.4 Å². The molecule has 2 N–H and O–H groups in total. The Morgan fingerprint density at radius 2 is 2.22 bits per heavy atom. The molecule has 0 aliphatic heterocycles. The molecule has 8 nitrogen and oxygen atoms in total. The van der Waals surface area contributed by atoms with Crippen molar-refractivity contribution in [2.45, 2.75) is 24.3 Å². The van der Waals surface area contributed by atoms with Crippen molar-refractivity contribution >= 4 is 15.8 Å². The van der Waals surface area contributed by atoms with Crippen LogP contribution < -0.4 is 4.72 Å². The number of aliphatic hydroxyl groups excluding tert-OH is 1. The molecule has 0 saturated carbocycles. The van der Waals surface area contributed by atoms with Gasteiger partial charge in [-0.15, -0.1) is 0 Å². The second kappa shape index (κ2) is 5.85. The summed E-state index contributed by atoms with van der Waals surface area (Å²) in [5, 5.41) is 19.3. The monoisotopic (exact) mass is 275 g/mol. The first kappa shape index (κ1) is 14.5. The Bertz CT molecular complexity index is 510. The molecule has 0 radical (unpaired) electrons. The van der Waals surface area contributed by atoms with Gasteiger partial charge in [0.2, 0.25) is 10.0 Å². The molecule has 1 aromatic rings. The van der Waals surface area contributed by atoms with Crippen LogP contribution in [-0.4, -0.2) is 36.1 Å². The van der Waals surface area contributed by atoms with Crippen LogP contribution in [0.2, 0.25) is 0 Å². The summed E-state index contributed by atoms with van der Waals surface area (Å²) in [5.41, 5.74) is 0. The van der Waals surface area contributed by atoms with Crippen molar-refractivity contribution in [2.75, 3.05) is 6.61 Å². The van der Waals surface area contributed by atoms with E-state index in [9.17, 15) is 18.5 Å². The van der Waals surface area contributed by atoms with Crippen LogP contribution >= 0.6 is 0 Å². The zero-order valence-corrected chi connectivity index (χ0v) is 10.4. The standard InChI is InChI=1S/C9H13N3O5S/c1-2-7(6-13)11-18(16,17)8-3-4-9(10-5-8)12(14)15/h3-5,7,11,13H,2,6H2,1H3. The minimum atomic E-state index is -3.82. The highest BCUT2D eigenvalue weighted by Crippen LogP contribution is 2.12. The number of rotatable bonds is 6. The second-order valence-electron chi connectivity index (χ2n) is 3.52. The van der Waals surface area contributed by atoms with E-state index in [1.165, 1.54) is 0 Å². The number of nitrogens with one attached hydrogen (secondary N) is 1. The Morgan fingerprint density at radius 3 is 2.61 bits per heavy atom. The van der Waals surface area contributed by atoms with Gasteiger partial charge in [-0.3, -0.25) is 0 Å². The van der Waals surface area contributed by atoms with Gasteiger partial charge in [-0.2, -0.15) is 0 Å². The van der Waals surface area contributed by atoms with Crippen molar-refractivity contribution in [2.24, 2.45) is 0 Å². The third-order valence-electron chi connectivity index (χ3n) is 2.25. The molecule has 0 aromatic carbocycles. The van der Waals surface area contributed by atoms with Gasteiger partial charge < -0.3 is 15.2 Å². The number of aromatic nitrogens is 1. The summed E-state index contributed by atoms with van der Waals surface area (Å²) in [6.45, 7) is 1.40. The van der Waals surface area contributed by atoms with E-state index in [4.69, 9.17) is 5.11 Å². The number of hydrogen-bond acceptors (Lipinski definition) is 6. The number of sulfonamides is 1. The Morgan fingerprint density at radius 1 is 1.56 bits per heavy atom. The quantitative estimate of drug-likeness (QED) is 0.558. The molecule has 1 rings (SSSR count). The van der Waals surface area contributed by atoms with Gasteiger partial charge in [0.25, 0.3) is 0 Å². The van der Waals surface area contributed by atoms with E-state index in [0.29, 0.717) is 6.42 Å². The lowest BCUT2D eigenvalue weighted by atomic mass is 10.3. The molecular weight excluding hydrogens is 262 g/mol. The Balaban J connectivity index is 2.95. The normalized spacial score (nSPS) is 13.2. The maximum atomic E-state index is 11.8. The minimum absolute atomic E-state index is 0.181. The second-order valence-corrected chi connectivity index (χ2v) is 5.23. The van der Waals surface area contributed by atoms with Crippen LogP contribution in [0.25, 0.3) is 0 Å². The summed E-state index contributed by atoms with van der Waals surface area (Å²) < 4.78 is 25.9. The van der Waals surface area contributed by atoms with Crippen LogP contribution in [0, 0.1) is 10.1 Å². The fourth-order valence-electron chi connectivity index (χ4n) is 1.18. The van der Waals surface area contributed by atoms with Crippen LogP contribution in [0.1, 0.15) is 13.3 Å². The summed E-state index contributed by atoms with van der Waals surface area (Å²) in [4.78, 5) is 12.9. The molecule has 1 unspecified atom stereocenters. The largest absolute Gasteiger partial charge is 0.395 e. The van der Waals surface area contributed by atoms with Crippen molar-refractivity contribution in [1.29, 1.82) is 0 Å². The molecule has 0 saturated heterocycles. The first-order chi connectivity index (χ1) is 8.40. The van der Waals surface area contributed by atoms with E-state index in [2.05, 4.69) is 9.71 Å². The average molecular weight is 275 g/mol. The fraction of sp³-hybridized carbons (Fsp3) is 0.444. The molecular formula is C9H13N3O5S. The average Bonchev–Trinajstić information content (AvgIpc) is 2.36. The molecule has 18 heavy (non-hydrogen) atoms. The third kappa shape index (κ3) is 3.45. The van der Waals surface area contributed by atoms with Crippen molar-refractivity contribution in [3.8, 4) is 0 Å². The Kier molecular flexibility index (Phi) is 4.70. The highest BCUT2D eigenvalue weighted by Gasteiger charge is 2.21. The predicted octanol–water partition coefficient (Wildman–Crippen LogP) is 0.0390. The lowest BCUT2D eigenvalue weighted by Gasteiger charge is -2.13. The third-order valence-corrected chi connectivity index (χ3v) is 3.76. The summed E-state index contributed by atoms with van der Waals surface area (Å²) in [5.74, 6) is -0.428. The van der Waals surface area contributed by atoms with Gasteiger partial charge in [-0.25, -0.2) is 13.1 Å². The first-order valence-electron chi connectivity index (χ1n) is 5.14. The number of pyridine rings is 1. The van der Waals surface area contributed by atoms with Crippen LogP contribution in [-0.2, 0) is 10.0 Å². The van der Waals surface area contributed by atoms with Crippen LogP contribution in [0.15, 0.2) is 23.2 Å². The van der Waals surface area contributed by atoms with Crippen LogP contribution in [0.3, 0.4) is 0 Å². The molecule has 1 heterocycles. The molecule has 0 bridgehead atoms. The topological polar surface area (TPSA) is 122 Å². The molecule has 1 aromatic heterocycles. The van der Waals surface area contributed by atoms with E-state index >= 15 is 0 Å². The van der Waals surface area contributed by atoms with Gasteiger partial charge in [0, 0.05) is 12.1 Å². The number of aliphatic hydroxyl groups is 1. The van der Waals surface area contributed by atoms with Crippen LogP contribution in [0.5, 0.6) is 0 Å². The fourth-order valence-corrected chi connectivity index (χ4v) is 2.43. The van der Waals surface area contributed by atoms with Gasteiger partial charge in [0.05, 0.1) is 6.61 Å². The lowest BCUT2D eigenvalue weighted by Crippen LogP contribution is -2.36. The highest BCUT2D eigenvalue weighted by atomic mass is 32.2. The van der Waals surface area contributed by atoms with E-state index < -0.39 is 26.8 Å². The molecule has 0 fully saturated rings. The van der Waals surface area contributed by atoms with E-state index in [-0.39, 0.29) is 11.5 Å². The van der Waals surface area contributed by atoms with Crippen molar-refractivity contribution in [3.05, 3.63) is 28.4 Å². The van der Waals surface area contributed by atoms with Gasteiger partial charge in [-0.05, 0) is 22.4 Å². The van der Waals surface area contributed by atoms with Gasteiger partial charge in [0.15, 0.2) is 6.20 Å². The predicted molar refractivity (Wildman–Crippen MR) is 62.4 cm³/mol. The van der Waals surface area contributed by atoms with Crippen LogP contribution in [0.4, 0.5) is 5.82 Å². The van der Waals surface area contributed by atoms with E-state index in [1.54, 1.807) is 6.92 Å². The minimum Gasteiger partial charge on any atom is -0.395 e. The number of nitro groups is 1. The van der Waals surface area contributed by atoms with E-state index in [1.807, 2.05) is 0 Å². The smallest absolute Gasteiger partial charge is 0.363 e. The molecule has 1 atom stereocenters. The van der Waals surface area contributed by atoms with Gasteiger partial charge in [-0.1, -0.05) is 6.92 Å². The Hall–Kier alpha value is -1.58. The summed E-state index contributed by atoms with van der Waals surface area (Å²) >= 11 is 0. The molecule has 100 valence electrons.